The van der Waals surface area contributed by atoms with Gasteiger partial charge in [-0.3, -0.25) is 10.1 Å². The number of nitrogens with zero attached hydrogens (tertiary/aromatic N) is 1. The minimum Gasteiger partial charge on any atom is -0.467 e. The van der Waals surface area contributed by atoms with Gasteiger partial charge in [0.25, 0.3) is 0 Å². The first-order valence-electron chi connectivity index (χ1n) is 8.47. The molecule has 1 aliphatic rings. The molecule has 9 heteroatoms. The van der Waals surface area contributed by atoms with Gasteiger partial charge in [0, 0.05) is 6.54 Å². The predicted molar refractivity (Wildman–Crippen MR) is 91.0 cm³/mol. The first kappa shape index (κ1) is 21.9. The third kappa shape index (κ3) is 5.69. The van der Waals surface area contributed by atoms with Crippen molar-refractivity contribution >= 4 is 23.8 Å². The summed E-state index contributed by atoms with van der Waals surface area (Å²) in [7, 11) is 2.26. The Morgan fingerprint density at radius 3 is 2.08 bits per heavy atom. The highest BCUT2D eigenvalue weighted by atomic mass is 16.6. The minimum absolute atomic E-state index is 0.399. The quantitative estimate of drug-likeness (QED) is 0.394. The van der Waals surface area contributed by atoms with Gasteiger partial charge in [0.15, 0.2) is 0 Å². The Morgan fingerprint density at radius 1 is 1.08 bits per heavy atom. The summed E-state index contributed by atoms with van der Waals surface area (Å²) in [6.45, 7) is 7.18. The van der Waals surface area contributed by atoms with E-state index >= 15 is 0 Å². The van der Waals surface area contributed by atoms with Gasteiger partial charge in [0.05, 0.1) is 20.3 Å². The molecule has 0 saturated carbocycles. The zero-order valence-electron chi connectivity index (χ0n) is 16.2. The van der Waals surface area contributed by atoms with E-state index in [2.05, 4.69) is 14.8 Å². The maximum Gasteiger partial charge on any atom is 0.334 e. The van der Waals surface area contributed by atoms with Gasteiger partial charge in [0.2, 0.25) is 11.9 Å². The number of carbonyl (C=O) groups is 4. The zero-order chi connectivity index (χ0) is 20.1. The molecule has 26 heavy (non-hydrogen) atoms. The van der Waals surface area contributed by atoms with Crippen LogP contribution in [-0.2, 0) is 33.4 Å². The lowest BCUT2D eigenvalue weighted by molar-refractivity contribution is -0.164. The van der Waals surface area contributed by atoms with E-state index < -0.39 is 47.5 Å². The lowest BCUT2D eigenvalue weighted by Gasteiger charge is -2.30. The maximum absolute atomic E-state index is 12.7. The first-order chi connectivity index (χ1) is 12.0. The number of hydrogen-bond donors (Lipinski definition) is 1. The Bertz CT molecular complexity index is 540. The van der Waals surface area contributed by atoms with E-state index in [0.717, 1.165) is 14.2 Å². The van der Waals surface area contributed by atoms with Crippen LogP contribution in [-0.4, -0.2) is 73.2 Å². The van der Waals surface area contributed by atoms with Crippen LogP contribution < -0.4 is 5.32 Å². The van der Waals surface area contributed by atoms with Gasteiger partial charge in [-0.2, -0.15) is 0 Å². The number of likely N-dealkylation sites (tertiary alicyclic amines) is 1. The van der Waals surface area contributed by atoms with Crippen molar-refractivity contribution in [3.63, 3.8) is 0 Å². The fourth-order valence-electron chi connectivity index (χ4n) is 2.68. The van der Waals surface area contributed by atoms with Gasteiger partial charge in [-0.15, -0.1) is 0 Å². The topological polar surface area (TPSA) is 111 Å². The van der Waals surface area contributed by atoms with Crippen molar-refractivity contribution in [3.05, 3.63) is 0 Å². The Labute approximate surface area is 153 Å². The number of amides is 1. The molecule has 1 aliphatic heterocycles. The van der Waals surface area contributed by atoms with Gasteiger partial charge < -0.3 is 19.1 Å². The lowest BCUT2D eigenvalue weighted by Crippen LogP contribution is -2.56. The molecule has 0 aromatic carbocycles. The molecule has 9 nitrogen and oxygen atoms in total. The molecule has 0 radical (unpaired) electrons. The van der Waals surface area contributed by atoms with Crippen molar-refractivity contribution in [2.45, 2.75) is 64.3 Å². The Balaban J connectivity index is 2.83. The lowest BCUT2D eigenvalue weighted by atomic mass is 10.1. The second kappa shape index (κ2) is 8.98. The van der Waals surface area contributed by atoms with Crippen molar-refractivity contribution in [1.29, 1.82) is 0 Å². The number of nitrogens with one attached hydrogen (secondary N) is 1. The number of hydrogen-bond acceptors (Lipinski definition) is 8. The van der Waals surface area contributed by atoms with Crippen LogP contribution in [0.5, 0.6) is 0 Å². The van der Waals surface area contributed by atoms with E-state index in [1.165, 1.54) is 11.8 Å². The molecule has 0 unspecified atom stereocenters. The molecule has 148 valence electrons. The average Bonchev–Trinajstić information content (AvgIpc) is 3.05. The van der Waals surface area contributed by atoms with Crippen LogP contribution in [0.4, 0.5) is 0 Å². The molecular weight excluding hydrogens is 344 g/mol. The van der Waals surface area contributed by atoms with E-state index in [-0.39, 0.29) is 0 Å². The maximum atomic E-state index is 12.7. The van der Waals surface area contributed by atoms with Crippen molar-refractivity contribution in [3.8, 4) is 0 Å². The Morgan fingerprint density at radius 2 is 1.62 bits per heavy atom. The van der Waals surface area contributed by atoms with E-state index in [1.54, 1.807) is 20.8 Å². The zero-order valence-corrected chi connectivity index (χ0v) is 16.2. The molecule has 1 saturated heterocycles. The van der Waals surface area contributed by atoms with E-state index in [9.17, 15) is 19.2 Å². The van der Waals surface area contributed by atoms with E-state index in [1.807, 2.05) is 0 Å². The molecule has 2 atom stereocenters. The van der Waals surface area contributed by atoms with Crippen LogP contribution in [0.25, 0.3) is 0 Å². The van der Waals surface area contributed by atoms with Crippen LogP contribution in [0.15, 0.2) is 0 Å². The molecule has 0 aromatic heterocycles. The van der Waals surface area contributed by atoms with E-state index in [4.69, 9.17) is 4.74 Å². The fraction of sp³-hybridized carbons (Fsp3) is 0.765. The summed E-state index contributed by atoms with van der Waals surface area (Å²) >= 11 is 0. The Hall–Kier alpha value is -2.16. The number of rotatable bonds is 6. The molecule has 1 rings (SSSR count). The van der Waals surface area contributed by atoms with Gasteiger partial charge in [-0.25, -0.2) is 14.4 Å². The van der Waals surface area contributed by atoms with Crippen LogP contribution in [0.2, 0.25) is 0 Å². The molecule has 0 aromatic rings. The molecule has 1 heterocycles. The summed E-state index contributed by atoms with van der Waals surface area (Å²) in [4.78, 5) is 50.0. The molecular formula is C17H28N2O7. The highest BCUT2D eigenvalue weighted by molar-refractivity contribution is 6.00. The van der Waals surface area contributed by atoms with Crippen LogP contribution >= 0.6 is 0 Å². The van der Waals surface area contributed by atoms with Crippen LogP contribution in [0.1, 0.15) is 40.5 Å². The summed E-state index contributed by atoms with van der Waals surface area (Å²) in [5, 5.41) is 2.61. The smallest absolute Gasteiger partial charge is 0.334 e. The molecule has 1 amide bonds. The second-order valence-electron chi connectivity index (χ2n) is 7.09. The van der Waals surface area contributed by atoms with Crippen LogP contribution in [0, 0.1) is 0 Å². The summed E-state index contributed by atoms with van der Waals surface area (Å²) in [6, 6.07) is -3.01. The summed E-state index contributed by atoms with van der Waals surface area (Å²) < 4.78 is 14.5. The minimum atomic E-state index is -1.42. The van der Waals surface area contributed by atoms with Crippen LogP contribution in [0.3, 0.4) is 0 Å². The van der Waals surface area contributed by atoms with Gasteiger partial charge in [-0.1, -0.05) is 0 Å². The monoisotopic (exact) mass is 372 g/mol. The number of esters is 3. The number of carbonyl (C=O) groups excluding carboxylic acids is 4. The van der Waals surface area contributed by atoms with Crippen molar-refractivity contribution in [2.75, 3.05) is 20.8 Å². The molecule has 0 bridgehead atoms. The molecule has 0 spiro atoms. The second-order valence-corrected chi connectivity index (χ2v) is 7.09. The third-order valence-electron chi connectivity index (χ3n) is 3.88. The van der Waals surface area contributed by atoms with Gasteiger partial charge in [0.1, 0.15) is 11.6 Å². The Kier molecular flexibility index (Phi) is 7.55. The molecule has 0 aliphatic carbocycles. The first-order valence-corrected chi connectivity index (χ1v) is 8.47. The van der Waals surface area contributed by atoms with Gasteiger partial charge in [-0.05, 0) is 40.5 Å². The highest BCUT2D eigenvalue weighted by Gasteiger charge is 2.40. The van der Waals surface area contributed by atoms with Gasteiger partial charge >= 0.3 is 17.9 Å². The highest BCUT2D eigenvalue weighted by Crippen LogP contribution is 2.22. The normalized spacial score (nSPS) is 18.4. The largest absolute Gasteiger partial charge is 0.467 e. The number of methoxy groups -OCH3 is 2. The van der Waals surface area contributed by atoms with Crippen molar-refractivity contribution in [1.82, 2.24) is 10.2 Å². The van der Waals surface area contributed by atoms with E-state index in [0.29, 0.717) is 19.4 Å². The third-order valence-corrected chi connectivity index (χ3v) is 3.88. The SMILES string of the molecule is COC(=O)C(N[C@@H](C)C(=O)N1CCC[C@H]1C(=O)OC(C)(C)C)C(=O)OC. The summed E-state index contributed by atoms with van der Waals surface area (Å²) in [6.07, 6.45) is 1.17. The average molecular weight is 372 g/mol. The molecule has 1 fully saturated rings. The summed E-state index contributed by atoms with van der Waals surface area (Å²) in [5.74, 6) is -2.59. The standard InChI is InChI=1S/C17H28N2O7/c1-10(18-12(15(22)24-5)16(23)25-6)13(20)19-9-7-8-11(19)14(21)26-17(2,3)4/h10-12,18H,7-9H2,1-6H3/t10-,11-/m0/s1. The predicted octanol–water partition coefficient (Wildman–Crippen LogP) is 0.0118. The van der Waals surface area contributed by atoms with Crippen molar-refractivity contribution in [2.24, 2.45) is 0 Å². The molecule has 1 N–H and O–H groups in total. The summed E-state index contributed by atoms with van der Waals surface area (Å²) in [5.41, 5.74) is -0.654. The fourth-order valence-corrected chi connectivity index (χ4v) is 2.68. The number of ether oxygens (including phenoxy) is 3. The van der Waals surface area contributed by atoms with Crippen molar-refractivity contribution < 1.29 is 33.4 Å².